The summed E-state index contributed by atoms with van der Waals surface area (Å²) in [6.45, 7) is 0.0528. The molecule has 2 atom stereocenters. The number of nitrogens with two attached hydrogens (primary N) is 1. The minimum atomic E-state index is -0.905. The summed E-state index contributed by atoms with van der Waals surface area (Å²) in [4.78, 5) is 0. The summed E-state index contributed by atoms with van der Waals surface area (Å²) in [5, 5.41) is 18.8. The molecule has 1 rings (SSSR count). The molecule has 1 aromatic carbocycles. The van der Waals surface area contributed by atoms with Crippen molar-refractivity contribution in [3.63, 3.8) is 0 Å². The Kier molecular flexibility index (Phi) is 3.87. The molecule has 0 saturated carbocycles. The van der Waals surface area contributed by atoms with Crippen molar-refractivity contribution in [3.8, 4) is 0 Å². The number of aliphatic hydroxyl groups is 2. The maximum absolute atomic E-state index is 9.53. The van der Waals surface area contributed by atoms with Crippen molar-refractivity contribution in [2.75, 3.05) is 6.54 Å². The fourth-order valence-corrected chi connectivity index (χ4v) is 1.28. The Morgan fingerprint density at radius 2 is 1.77 bits per heavy atom. The van der Waals surface area contributed by atoms with Crippen molar-refractivity contribution >= 4 is 15.9 Å². The molecule has 0 aliphatic heterocycles. The molecule has 1 aromatic rings. The first-order valence-corrected chi connectivity index (χ1v) is 4.76. The molecule has 0 amide bonds. The lowest BCUT2D eigenvalue weighted by Crippen LogP contribution is -2.27. The van der Waals surface area contributed by atoms with Gasteiger partial charge < -0.3 is 15.9 Å². The van der Waals surface area contributed by atoms with E-state index in [0.29, 0.717) is 5.56 Å². The molecule has 0 bridgehead atoms. The van der Waals surface area contributed by atoms with Gasteiger partial charge in [0.25, 0.3) is 0 Å². The first-order chi connectivity index (χ1) is 6.15. The van der Waals surface area contributed by atoms with Crippen LogP contribution in [0, 0.1) is 0 Å². The molecule has 0 fully saturated rings. The molecule has 4 heteroatoms. The molecule has 4 N–H and O–H groups in total. The van der Waals surface area contributed by atoms with Gasteiger partial charge in [0.1, 0.15) is 6.10 Å². The maximum Gasteiger partial charge on any atom is 0.106 e. The van der Waals surface area contributed by atoms with Crippen LogP contribution in [0.4, 0.5) is 0 Å². The monoisotopic (exact) mass is 245 g/mol. The van der Waals surface area contributed by atoms with Crippen molar-refractivity contribution in [3.05, 3.63) is 34.3 Å². The van der Waals surface area contributed by atoms with E-state index in [1.165, 1.54) is 0 Å². The van der Waals surface area contributed by atoms with Crippen LogP contribution < -0.4 is 5.73 Å². The minimum absolute atomic E-state index is 0.0528. The van der Waals surface area contributed by atoms with E-state index < -0.39 is 12.2 Å². The summed E-state index contributed by atoms with van der Waals surface area (Å²) in [6.07, 6.45) is -1.81. The van der Waals surface area contributed by atoms with E-state index in [1.54, 1.807) is 12.1 Å². The van der Waals surface area contributed by atoms with Crippen LogP contribution in [0.5, 0.6) is 0 Å². The van der Waals surface area contributed by atoms with Crippen molar-refractivity contribution in [1.82, 2.24) is 0 Å². The number of hydrogen-bond donors (Lipinski definition) is 3. The van der Waals surface area contributed by atoms with E-state index in [0.717, 1.165) is 4.47 Å². The van der Waals surface area contributed by atoms with Gasteiger partial charge in [0, 0.05) is 11.0 Å². The van der Waals surface area contributed by atoms with Gasteiger partial charge in [0.2, 0.25) is 0 Å². The largest absolute Gasteiger partial charge is 0.389 e. The van der Waals surface area contributed by atoms with Crippen molar-refractivity contribution in [1.29, 1.82) is 0 Å². The number of halogens is 1. The van der Waals surface area contributed by atoms with Crippen LogP contribution in [0.15, 0.2) is 28.7 Å². The molecular weight excluding hydrogens is 234 g/mol. The lowest BCUT2D eigenvalue weighted by molar-refractivity contribution is 0.0243. The van der Waals surface area contributed by atoms with Crippen LogP contribution in [-0.2, 0) is 0 Å². The first-order valence-electron chi connectivity index (χ1n) is 3.97. The van der Waals surface area contributed by atoms with E-state index in [9.17, 15) is 10.2 Å². The van der Waals surface area contributed by atoms with E-state index in [2.05, 4.69) is 15.9 Å². The summed E-state index contributed by atoms with van der Waals surface area (Å²) in [5.74, 6) is 0. The molecule has 72 valence electrons. The van der Waals surface area contributed by atoms with Crippen LogP contribution in [0.25, 0.3) is 0 Å². The van der Waals surface area contributed by atoms with Gasteiger partial charge in [-0.15, -0.1) is 0 Å². The second-order valence-electron chi connectivity index (χ2n) is 2.80. The van der Waals surface area contributed by atoms with Crippen LogP contribution in [-0.4, -0.2) is 22.9 Å². The Bertz CT molecular complexity index is 263. The van der Waals surface area contributed by atoms with E-state index in [1.807, 2.05) is 12.1 Å². The second kappa shape index (κ2) is 4.72. The molecule has 0 heterocycles. The molecular formula is C9H12BrNO2. The highest BCUT2D eigenvalue weighted by Crippen LogP contribution is 2.18. The Morgan fingerprint density at radius 1 is 1.23 bits per heavy atom. The third kappa shape index (κ3) is 2.77. The highest BCUT2D eigenvalue weighted by atomic mass is 79.9. The minimum Gasteiger partial charge on any atom is -0.389 e. The quantitative estimate of drug-likeness (QED) is 0.739. The Morgan fingerprint density at radius 3 is 2.23 bits per heavy atom. The Balaban J connectivity index is 2.77. The maximum atomic E-state index is 9.53. The molecule has 2 unspecified atom stereocenters. The zero-order valence-electron chi connectivity index (χ0n) is 7.02. The van der Waals surface area contributed by atoms with E-state index in [-0.39, 0.29) is 6.54 Å². The summed E-state index contributed by atoms with van der Waals surface area (Å²) >= 11 is 3.28. The highest BCUT2D eigenvalue weighted by Gasteiger charge is 2.15. The molecule has 0 saturated heterocycles. The molecule has 3 nitrogen and oxygen atoms in total. The van der Waals surface area contributed by atoms with Gasteiger partial charge in [-0.1, -0.05) is 28.1 Å². The van der Waals surface area contributed by atoms with Crippen LogP contribution >= 0.6 is 15.9 Å². The fourth-order valence-electron chi connectivity index (χ4n) is 1.01. The van der Waals surface area contributed by atoms with Crippen molar-refractivity contribution in [2.24, 2.45) is 5.73 Å². The third-order valence-electron chi connectivity index (χ3n) is 1.82. The van der Waals surface area contributed by atoms with Crippen LogP contribution in [0.1, 0.15) is 11.7 Å². The highest BCUT2D eigenvalue weighted by molar-refractivity contribution is 9.10. The van der Waals surface area contributed by atoms with Crippen LogP contribution in [0.3, 0.4) is 0 Å². The van der Waals surface area contributed by atoms with Crippen molar-refractivity contribution in [2.45, 2.75) is 12.2 Å². The Hall–Kier alpha value is -0.420. The summed E-state index contributed by atoms with van der Waals surface area (Å²) < 4.78 is 0.936. The zero-order valence-corrected chi connectivity index (χ0v) is 8.61. The average molecular weight is 246 g/mol. The van der Waals surface area contributed by atoms with Gasteiger partial charge in [0.05, 0.1) is 6.10 Å². The summed E-state index contributed by atoms with van der Waals surface area (Å²) in [6, 6.07) is 7.10. The van der Waals surface area contributed by atoms with Crippen LogP contribution in [0.2, 0.25) is 0 Å². The van der Waals surface area contributed by atoms with Gasteiger partial charge in [-0.3, -0.25) is 0 Å². The van der Waals surface area contributed by atoms with Gasteiger partial charge in [0.15, 0.2) is 0 Å². The molecule has 0 aromatic heterocycles. The van der Waals surface area contributed by atoms with E-state index in [4.69, 9.17) is 5.73 Å². The molecule has 0 radical (unpaired) electrons. The van der Waals surface area contributed by atoms with E-state index >= 15 is 0 Å². The molecule has 0 spiro atoms. The second-order valence-corrected chi connectivity index (χ2v) is 3.72. The lowest BCUT2D eigenvalue weighted by atomic mass is 10.1. The molecule has 0 aliphatic rings. The van der Waals surface area contributed by atoms with Gasteiger partial charge in [-0.25, -0.2) is 0 Å². The number of benzene rings is 1. The number of hydrogen-bond acceptors (Lipinski definition) is 3. The SMILES string of the molecule is NCC(O)C(O)c1ccc(Br)cc1. The Labute approximate surface area is 85.3 Å². The zero-order chi connectivity index (χ0) is 9.84. The topological polar surface area (TPSA) is 66.5 Å². The fraction of sp³-hybridized carbons (Fsp3) is 0.333. The third-order valence-corrected chi connectivity index (χ3v) is 2.35. The lowest BCUT2D eigenvalue weighted by Gasteiger charge is -2.16. The predicted molar refractivity (Wildman–Crippen MR) is 54.2 cm³/mol. The number of rotatable bonds is 3. The summed E-state index contributed by atoms with van der Waals surface area (Å²) in [7, 11) is 0. The van der Waals surface area contributed by atoms with Crippen molar-refractivity contribution < 1.29 is 10.2 Å². The molecule has 13 heavy (non-hydrogen) atoms. The molecule has 0 aliphatic carbocycles. The van der Waals surface area contributed by atoms with Gasteiger partial charge in [-0.2, -0.15) is 0 Å². The normalized spacial score (nSPS) is 15.4. The smallest absolute Gasteiger partial charge is 0.106 e. The summed E-state index contributed by atoms with van der Waals surface area (Å²) in [5.41, 5.74) is 5.89. The first kappa shape index (κ1) is 10.7. The standard InChI is InChI=1S/C9H12BrNO2/c10-7-3-1-6(2-4-7)9(13)8(12)5-11/h1-4,8-9,12-13H,5,11H2. The average Bonchev–Trinajstić information content (AvgIpc) is 2.17. The van der Waals surface area contributed by atoms with Gasteiger partial charge in [-0.05, 0) is 17.7 Å². The van der Waals surface area contributed by atoms with Gasteiger partial charge >= 0.3 is 0 Å². The number of aliphatic hydroxyl groups excluding tert-OH is 2. The predicted octanol–water partition coefficient (Wildman–Crippen LogP) is 0.802.